The second kappa shape index (κ2) is 5.79. The topological polar surface area (TPSA) is 84.6 Å². The Kier molecular flexibility index (Phi) is 4.34. The van der Waals surface area contributed by atoms with Crippen LogP contribution < -0.4 is 11.1 Å². The zero-order chi connectivity index (χ0) is 13.0. The Balaban J connectivity index is 2.01. The molecular formula is C12H18N2O3S. The van der Waals surface area contributed by atoms with Crippen LogP contribution in [0.25, 0.3) is 0 Å². The van der Waals surface area contributed by atoms with Crippen LogP contribution >= 0.6 is 11.3 Å². The predicted octanol–water partition coefficient (Wildman–Crippen LogP) is 0.406. The molecule has 100 valence electrons. The third-order valence-corrected chi connectivity index (χ3v) is 4.23. The fourth-order valence-corrected chi connectivity index (χ4v) is 2.75. The van der Waals surface area contributed by atoms with E-state index in [1.807, 2.05) is 17.5 Å². The lowest BCUT2D eigenvalue weighted by molar-refractivity contribution is -0.126. The summed E-state index contributed by atoms with van der Waals surface area (Å²) in [4.78, 5) is 12.9. The lowest BCUT2D eigenvalue weighted by atomic mass is 9.90. The van der Waals surface area contributed by atoms with Crippen molar-refractivity contribution in [1.82, 2.24) is 5.32 Å². The molecule has 1 amide bonds. The van der Waals surface area contributed by atoms with Crippen molar-refractivity contribution in [2.45, 2.75) is 24.4 Å². The molecule has 1 fully saturated rings. The minimum Gasteiger partial charge on any atom is -0.394 e. The molecule has 1 aliphatic rings. The number of amides is 1. The normalized spacial score (nSPS) is 20.3. The van der Waals surface area contributed by atoms with Crippen molar-refractivity contribution in [3.63, 3.8) is 0 Å². The molecule has 1 atom stereocenters. The summed E-state index contributed by atoms with van der Waals surface area (Å²) in [5.41, 5.74) is 5.32. The van der Waals surface area contributed by atoms with Gasteiger partial charge < -0.3 is 20.9 Å². The van der Waals surface area contributed by atoms with Gasteiger partial charge in [-0.3, -0.25) is 4.79 Å². The summed E-state index contributed by atoms with van der Waals surface area (Å²) < 4.78 is 5.25. The molecule has 0 saturated carbocycles. The average Bonchev–Trinajstić information content (AvgIpc) is 2.92. The van der Waals surface area contributed by atoms with Gasteiger partial charge in [-0.15, -0.1) is 11.3 Å². The van der Waals surface area contributed by atoms with Crippen LogP contribution in [0.3, 0.4) is 0 Å². The number of rotatable bonds is 4. The first-order valence-corrected chi connectivity index (χ1v) is 6.84. The summed E-state index contributed by atoms with van der Waals surface area (Å²) in [6.07, 6.45) is 1.23. The van der Waals surface area contributed by atoms with Crippen LogP contribution in [0.4, 0.5) is 0 Å². The molecule has 4 N–H and O–H groups in total. The summed E-state index contributed by atoms with van der Waals surface area (Å²) in [5.74, 6) is -0.242. The zero-order valence-electron chi connectivity index (χ0n) is 10.1. The Morgan fingerprint density at radius 2 is 2.33 bits per heavy atom. The summed E-state index contributed by atoms with van der Waals surface area (Å²) in [7, 11) is 0. The van der Waals surface area contributed by atoms with Gasteiger partial charge in [0, 0.05) is 18.1 Å². The number of aliphatic hydroxyl groups excluding tert-OH is 1. The van der Waals surface area contributed by atoms with Gasteiger partial charge >= 0.3 is 0 Å². The number of aliphatic hydroxyl groups is 1. The first-order chi connectivity index (χ1) is 8.67. The smallest absolute Gasteiger partial charge is 0.242 e. The quantitative estimate of drug-likeness (QED) is 0.739. The van der Waals surface area contributed by atoms with Gasteiger partial charge in [-0.2, -0.15) is 0 Å². The third kappa shape index (κ3) is 2.89. The number of hydrogen-bond acceptors (Lipinski definition) is 5. The van der Waals surface area contributed by atoms with E-state index in [0.29, 0.717) is 26.1 Å². The number of nitrogens with two attached hydrogens (primary N) is 1. The molecule has 1 aromatic rings. The van der Waals surface area contributed by atoms with E-state index in [1.165, 1.54) is 11.3 Å². The minimum absolute atomic E-state index is 0.0841. The Bertz CT molecular complexity index is 388. The van der Waals surface area contributed by atoms with E-state index in [9.17, 15) is 9.90 Å². The van der Waals surface area contributed by atoms with E-state index < -0.39 is 11.6 Å². The molecule has 1 aromatic heterocycles. The van der Waals surface area contributed by atoms with Crippen molar-refractivity contribution in [1.29, 1.82) is 0 Å². The average molecular weight is 270 g/mol. The Morgan fingerprint density at radius 1 is 1.61 bits per heavy atom. The van der Waals surface area contributed by atoms with E-state index in [-0.39, 0.29) is 12.5 Å². The van der Waals surface area contributed by atoms with E-state index >= 15 is 0 Å². The van der Waals surface area contributed by atoms with Gasteiger partial charge in [0.15, 0.2) is 0 Å². The summed E-state index contributed by atoms with van der Waals surface area (Å²) in [5, 5.41) is 14.3. The Labute approximate surface area is 110 Å². The molecule has 2 heterocycles. The maximum atomic E-state index is 12.1. The van der Waals surface area contributed by atoms with Crippen LogP contribution in [-0.2, 0) is 9.53 Å². The lowest BCUT2D eigenvalue weighted by Crippen LogP contribution is -2.56. The molecule has 0 aromatic carbocycles. The Hall–Kier alpha value is -0.950. The number of carbonyl (C=O) groups excluding carboxylic acids is 1. The van der Waals surface area contributed by atoms with Gasteiger partial charge in [0.2, 0.25) is 5.91 Å². The van der Waals surface area contributed by atoms with Crippen molar-refractivity contribution in [3.8, 4) is 0 Å². The highest BCUT2D eigenvalue weighted by Gasteiger charge is 2.35. The standard InChI is InChI=1S/C12H18N2O3S/c13-10(9-2-1-7-18-9)11(16)14-12(8-15)3-5-17-6-4-12/h1-2,7,10,15H,3-6,8,13H2,(H,14,16). The first kappa shape index (κ1) is 13.5. The van der Waals surface area contributed by atoms with Crippen molar-refractivity contribution in [2.75, 3.05) is 19.8 Å². The number of nitrogens with one attached hydrogen (secondary N) is 1. The second-order valence-electron chi connectivity index (χ2n) is 4.53. The molecule has 1 saturated heterocycles. The summed E-state index contributed by atoms with van der Waals surface area (Å²) in [6.45, 7) is 1.02. The molecule has 6 heteroatoms. The van der Waals surface area contributed by atoms with Gasteiger partial charge in [-0.25, -0.2) is 0 Å². The largest absolute Gasteiger partial charge is 0.394 e. The molecule has 0 spiro atoms. The van der Waals surface area contributed by atoms with Crippen LogP contribution in [0, 0.1) is 0 Å². The fraction of sp³-hybridized carbons (Fsp3) is 0.583. The molecule has 0 bridgehead atoms. The molecule has 0 aliphatic carbocycles. The molecule has 2 rings (SSSR count). The highest BCUT2D eigenvalue weighted by atomic mass is 32.1. The van der Waals surface area contributed by atoms with Gasteiger partial charge in [0.05, 0.1) is 12.1 Å². The second-order valence-corrected chi connectivity index (χ2v) is 5.51. The number of hydrogen-bond donors (Lipinski definition) is 3. The van der Waals surface area contributed by atoms with Gasteiger partial charge in [-0.05, 0) is 24.3 Å². The highest BCUT2D eigenvalue weighted by Crippen LogP contribution is 2.22. The minimum atomic E-state index is -0.670. The van der Waals surface area contributed by atoms with E-state index in [1.54, 1.807) is 0 Å². The Morgan fingerprint density at radius 3 is 2.89 bits per heavy atom. The van der Waals surface area contributed by atoms with Crippen LogP contribution in [0.5, 0.6) is 0 Å². The molecule has 1 unspecified atom stereocenters. The summed E-state index contributed by atoms with van der Waals surface area (Å²) in [6, 6.07) is 3.03. The first-order valence-electron chi connectivity index (χ1n) is 5.96. The van der Waals surface area contributed by atoms with Crippen molar-refractivity contribution < 1.29 is 14.6 Å². The van der Waals surface area contributed by atoms with Crippen LogP contribution in [0.15, 0.2) is 17.5 Å². The maximum Gasteiger partial charge on any atom is 0.242 e. The van der Waals surface area contributed by atoms with E-state index in [4.69, 9.17) is 10.5 Å². The molecule has 1 aliphatic heterocycles. The molecule has 18 heavy (non-hydrogen) atoms. The maximum absolute atomic E-state index is 12.1. The van der Waals surface area contributed by atoms with Crippen LogP contribution in [-0.4, -0.2) is 36.4 Å². The van der Waals surface area contributed by atoms with Gasteiger partial charge in [0.25, 0.3) is 0 Å². The third-order valence-electron chi connectivity index (χ3n) is 3.27. The predicted molar refractivity (Wildman–Crippen MR) is 69.3 cm³/mol. The SMILES string of the molecule is NC(C(=O)NC1(CO)CCOCC1)c1cccs1. The van der Waals surface area contributed by atoms with Crippen molar-refractivity contribution in [2.24, 2.45) is 5.73 Å². The van der Waals surface area contributed by atoms with E-state index in [0.717, 1.165) is 4.88 Å². The van der Waals surface area contributed by atoms with Gasteiger partial charge in [-0.1, -0.05) is 6.07 Å². The number of carbonyl (C=O) groups is 1. The lowest BCUT2D eigenvalue weighted by Gasteiger charge is -2.36. The summed E-state index contributed by atoms with van der Waals surface area (Å²) >= 11 is 1.45. The highest BCUT2D eigenvalue weighted by molar-refractivity contribution is 7.10. The number of ether oxygens (including phenoxy) is 1. The molecular weight excluding hydrogens is 252 g/mol. The van der Waals surface area contributed by atoms with E-state index in [2.05, 4.69) is 5.32 Å². The van der Waals surface area contributed by atoms with Gasteiger partial charge in [0.1, 0.15) is 6.04 Å². The monoisotopic (exact) mass is 270 g/mol. The van der Waals surface area contributed by atoms with Crippen molar-refractivity contribution in [3.05, 3.63) is 22.4 Å². The molecule has 5 nitrogen and oxygen atoms in total. The molecule has 0 radical (unpaired) electrons. The number of thiophene rings is 1. The fourth-order valence-electron chi connectivity index (χ4n) is 2.02. The van der Waals surface area contributed by atoms with Crippen molar-refractivity contribution >= 4 is 17.2 Å². The van der Waals surface area contributed by atoms with Crippen LogP contribution in [0.1, 0.15) is 23.8 Å². The zero-order valence-corrected chi connectivity index (χ0v) is 10.9. The van der Waals surface area contributed by atoms with Crippen LogP contribution in [0.2, 0.25) is 0 Å².